The van der Waals surface area contributed by atoms with E-state index in [0.29, 0.717) is 59.5 Å². The minimum Gasteiger partial charge on any atom is -0.497 e. The summed E-state index contributed by atoms with van der Waals surface area (Å²) in [5.41, 5.74) is 1.92. The monoisotopic (exact) mass is 397 g/mol. The van der Waals surface area contributed by atoms with Gasteiger partial charge in [-0.05, 0) is 12.1 Å². The molecular weight excluding hydrogens is 378 g/mol. The molecule has 6 nitrogen and oxygen atoms in total. The second-order valence-corrected chi connectivity index (χ2v) is 7.09. The topological polar surface area (TPSA) is 61.1 Å². The number of benzene rings is 1. The van der Waals surface area contributed by atoms with Crippen molar-refractivity contribution >= 4 is 27.5 Å². The molecule has 1 aliphatic heterocycles. The van der Waals surface area contributed by atoms with Crippen molar-refractivity contribution in [1.29, 1.82) is 0 Å². The van der Waals surface area contributed by atoms with Crippen LogP contribution in [-0.2, 0) is 4.74 Å². The van der Waals surface area contributed by atoms with Crippen molar-refractivity contribution < 1.29 is 18.6 Å². The summed E-state index contributed by atoms with van der Waals surface area (Å²) < 4.78 is 22.6. The molecule has 0 saturated carbocycles. The molecule has 0 N–H and O–H groups in total. The number of morpholine rings is 1. The van der Waals surface area contributed by atoms with Gasteiger partial charge in [0.1, 0.15) is 16.2 Å². The van der Waals surface area contributed by atoms with Gasteiger partial charge in [-0.3, -0.25) is 4.79 Å². The molecule has 144 valence electrons. The average Bonchev–Trinajstić information content (AvgIpc) is 3.16. The van der Waals surface area contributed by atoms with E-state index in [1.54, 1.807) is 26.4 Å². The van der Waals surface area contributed by atoms with Crippen molar-refractivity contribution in [3.8, 4) is 23.3 Å². The first kappa shape index (κ1) is 18.4. The van der Waals surface area contributed by atoms with Gasteiger partial charge in [0.25, 0.3) is 0 Å². The summed E-state index contributed by atoms with van der Waals surface area (Å²) in [5, 5.41) is 1.85. The van der Waals surface area contributed by atoms with Crippen LogP contribution in [0.5, 0.6) is 11.5 Å². The maximum absolute atomic E-state index is 12.5. The van der Waals surface area contributed by atoms with E-state index in [0.717, 1.165) is 5.56 Å². The van der Waals surface area contributed by atoms with Crippen LogP contribution in [0.25, 0.3) is 10.3 Å². The normalized spacial score (nSPS) is 13.9. The standard InChI is InChI=1S/C21H19NO5S/c1-24-16-9-14(10-17(11-16)25-2)3-4-15-13-28-21-18(23)12-19(27-20(15)21)22-5-7-26-8-6-22/h9-13H,5-8H2,1-2H3. The Labute approximate surface area is 166 Å². The molecule has 0 bridgehead atoms. The van der Waals surface area contributed by atoms with Crippen LogP contribution in [0, 0.1) is 11.8 Å². The van der Waals surface area contributed by atoms with Crippen LogP contribution in [0.15, 0.2) is 38.9 Å². The van der Waals surface area contributed by atoms with Crippen LogP contribution >= 0.6 is 11.3 Å². The molecule has 3 aromatic rings. The third-order valence-electron chi connectivity index (χ3n) is 4.45. The second kappa shape index (κ2) is 7.97. The van der Waals surface area contributed by atoms with Crippen LogP contribution in [0.4, 0.5) is 5.88 Å². The minimum atomic E-state index is -0.0520. The van der Waals surface area contributed by atoms with Crippen molar-refractivity contribution in [1.82, 2.24) is 0 Å². The smallest absolute Gasteiger partial charge is 0.204 e. The zero-order chi connectivity index (χ0) is 19.5. The largest absolute Gasteiger partial charge is 0.497 e. The third kappa shape index (κ3) is 3.70. The molecule has 2 aromatic heterocycles. The third-order valence-corrected chi connectivity index (χ3v) is 5.42. The fourth-order valence-electron chi connectivity index (χ4n) is 2.98. The summed E-state index contributed by atoms with van der Waals surface area (Å²) in [7, 11) is 3.19. The van der Waals surface area contributed by atoms with Gasteiger partial charge >= 0.3 is 0 Å². The van der Waals surface area contributed by atoms with Gasteiger partial charge < -0.3 is 23.5 Å². The molecule has 1 aliphatic rings. The number of hydrogen-bond donors (Lipinski definition) is 0. The SMILES string of the molecule is COc1cc(C#Cc2csc3c(=O)cc(N4CCOCC4)oc23)cc(OC)c1. The molecule has 0 unspecified atom stereocenters. The summed E-state index contributed by atoms with van der Waals surface area (Å²) in [4.78, 5) is 14.5. The van der Waals surface area contributed by atoms with Crippen molar-refractivity contribution in [2.24, 2.45) is 0 Å². The highest BCUT2D eigenvalue weighted by Crippen LogP contribution is 2.27. The van der Waals surface area contributed by atoms with E-state index < -0.39 is 0 Å². The molecule has 0 amide bonds. The van der Waals surface area contributed by atoms with E-state index >= 15 is 0 Å². The van der Waals surface area contributed by atoms with E-state index in [9.17, 15) is 4.79 Å². The van der Waals surface area contributed by atoms with Crippen LogP contribution in [0.3, 0.4) is 0 Å². The van der Waals surface area contributed by atoms with Crippen LogP contribution in [0.1, 0.15) is 11.1 Å². The number of ether oxygens (including phenoxy) is 3. The molecule has 0 radical (unpaired) electrons. The summed E-state index contributed by atoms with van der Waals surface area (Å²) in [5.74, 6) is 8.12. The Kier molecular flexibility index (Phi) is 5.24. The molecule has 0 aliphatic carbocycles. The van der Waals surface area contributed by atoms with Crippen molar-refractivity contribution in [3.05, 3.63) is 51.0 Å². The fraction of sp³-hybridized carbons (Fsp3) is 0.286. The Hall–Kier alpha value is -2.95. The summed E-state index contributed by atoms with van der Waals surface area (Å²) >= 11 is 1.35. The van der Waals surface area contributed by atoms with E-state index in [-0.39, 0.29) is 5.43 Å². The summed E-state index contributed by atoms with van der Waals surface area (Å²) in [6.07, 6.45) is 0. The maximum Gasteiger partial charge on any atom is 0.204 e. The zero-order valence-electron chi connectivity index (χ0n) is 15.6. The Morgan fingerprint density at radius 3 is 2.43 bits per heavy atom. The quantitative estimate of drug-likeness (QED) is 0.633. The molecule has 1 fully saturated rings. The highest BCUT2D eigenvalue weighted by atomic mass is 32.1. The van der Waals surface area contributed by atoms with Crippen molar-refractivity contribution in [2.45, 2.75) is 0 Å². The molecule has 3 heterocycles. The van der Waals surface area contributed by atoms with Gasteiger partial charge in [-0.25, -0.2) is 0 Å². The molecular formula is C21H19NO5S. The number of fused-ring (bicyclic) bond motifs is 1. The first-order valence-electron chi connectivity index (χ1n) is 8.81. The van der Waals surface area contributed by atoms with Crippen molar-refractivity contribution in [2.75, 3.05) is 45.4 Å². The van der Waals surface area contributed by atoms with Gasteiger partial charge in [0.15, 0.2) is 11.5 Å². The lowest BCUT2D eigenvalue weighted by molar-refractivity contribution is 0.121. The molecule has 0 atom stereocenters. The van der Waals surface area contributed by atoms with Gasteiger partial charge in [0.05, 0.1) is 33.0 Å². The lowest BCUT2D eigenvalue weighted by Gasteiger charge is -2.26. The Bertz CT molecular complexity index is 1090. The zero-order valence-corrected chi connectivity index (χ0v) is 16.4. The molecule has 1 aromatic carbocycles. The number of nitrogens with zero attached hydrogens (tertiary/aromatic N) is 1. The number of thiophene rings is 1. The van der Waals surface area contributed by atoms with E-state index in [1.165, 1.54) is 11.3 Å². The van der Waals surface area contributed by atoms with Gasteiger partial charge in [-0.1, -0.05) is 11.8 Å². The predicted octanol–water partition coefficient (Wildman–Crippen LogP) is 3.11. The Morgan fingerprint density at radius 1 is 1.04 bits per heavy atom. The molecule has 0 spiro atoms. The molecule has 4 rings (SSSR count). The van der Waals surface area contributed by atoms with Gasteiger partial charge in [0.2, 0.25) is 5.43 Å². The highest BCUT2D eigenvalue weighted by Gasteiger charge is 2.17. The number of rotatable bonds is 3. The van der Waals surface area contributed by atoms with Gasteiger partial charge in [0, 0.05) is 36.2 Å². The Morgan fingerprint density at radius 2 is 1.75 bits per heavy atom. The van der Waals surface area contributed by atoms with Crippen LogP contribution < -0.4 is 19.8 Å². The van der Waals surface area contributed by atoms with Gasteiger partial charge in [-0.2, -0.15) is 0 Å². The molecule has 1 saturated heterocycles. The average molecular weight is 397 g/mol. The maximum atomic E-state index is 12.5. The van der Waals surface area contributed by atoms with E-state index in [2.05, 4.69) is 11.8 Å². The summed E-state index contributed by atoms with van der Waals surface area (Å²) in [6, 6.07) is 7.01. The lowest BCUT2D eigenvalue weighted by atomic mass is 10.2. The fourth-order valence-corrected chi connectivity index (χ4v) is 3.81. The summed E-state index contributed by atoms with van der Waals surface area (Å²) in [6.45, 7) is 2.64. The second-order valence-electron chi connectivity index (χ2n) is 6.21. The van der Waals surface area contributed by atoms with E-state index in [4.69, 9.17) is 18.6 Å². The predicted molar refractivity (Wildman–Crippen MR) is 109 cm³/mol. The highest BCUT2D eigenvalue weighted by molar-refractivity contribution is 7.17. The first-order valence-corrected chi connectivity index (χ1v) is 9.69. The van der Waals surface area contributed by atoms with Crippen LogP contribution in [0.2, 0.25) is 0 Å². The molecule has 28 heavy (non-hydrogen) atoms. The van der Waals surface area contributed by atoms with E-state index in [1.807, 2.05) is 22.4 Å². The number of methoxy groups -OCH3 is 2. The molecule has 7 heteroatoms. The first-order chi connectivity index (χ1) is 13.7. The number of anilines is 1. The van der Waals surface area contributed by atoms with Crippen molar-refractivity contribution in [3.63, 3.8) is 0 Å². The Balaban J connectivity index is 1.73. The van der Waals surface area contributed by atoms with Gasteiger partial charge in [-0.15, -0.1) is 11.3 Å². The number of hydrogen-bond acceptors (Lipinski definition) is 7. The minimum absolute atomic E-state index is 0.0520. The van der Waals surface area contributed by atoms with Crippen LogP contribution in [-0.4, -0.2) is 40.5 Å². The lowest BCUT2D eigenvalue weighted by Crippen LogP contribution is -2.36.